The summed E-state index contributed by atoms with van der Waals surface area (Å²) in [6, 6.07) is 7.91. The average Bonchev–Trinajstić information content (AvgIpc) is 2.96. The number of benzene rings is 1. The number of nitrogens with one attached hydrogen (secondary N) is 1. The van der Waals surface area contributed by atoms with E-state index < -0.39 is 0 Å². The van der Waals surface area contributed by atoms with Crippen molar-refractivity contribution in [2.75, 3.05) is 19.6 Å². The SMILES string of the molecule is CCN1CCC(Cn2c(=O)[nH]c3ccccc32)C1. The van der Waals surface area contributed by atoms with Gasteiger partial charge in [-0.1, -0.05) is 19.1 Å². The van der Waals surface area contributed by atoms with Crippen molar-refractivity contribution in [3.05, 3.63) is 34.7 Å². The molecule has 1 atom stereocenters. The summed E-state index contributed by atoms with van der Waals surface area (Å²) in [6.45, 7) is 6.42. The number of rotatable bonds is 3. The van der Waals surface area contributed by atoms with Gasteiger partial charge in [0, 0.05) is 13.1 Å². The van der Waals surface area contributed by atoms with Gasteiger partial charge in [-0.05, 0) is 37.6 Å². The van der Waals surface area contributed by atoms with Crippen LogP contribution in [0.5, 0.6) is 0 Å². The molecule has 0 spiro atoms. The van der Waals surface area contributed by atoms with Crippen LogP contribution in [0.25, 0.3) is 11.0 Å². The lowest BCUT2D eigenvalue weighted by Gasteiger charge is -2.13. The molecule has 2 aromatic rings. The predicted octanol–water partition coefficient (Wildman–Crippen LogP) is 1.67. The first-order chi connectivity index (χ1) is 8.78. The van der Waals surface area contributed by atoms with Gasteiger partial charge in [-0.15, -0.1) is 0 Å². The number of H-pyrrole nitrogens is 1. The second-order valence-electron chi connectivity index (χ2n) is 5.11. The minimum Gasteiger partial charge on any atom is -0.306 e. The fourth-order valence-corrected chi connectivity index (χ4v) is 2.90. The second kappa shape index (κ2) is 4.61. The van der Waals surface area contributed by atoms with Crippen molar-refractivity contribution in [3.63, 3.8) is 0 Å². The zero-order valence-corrected chi connectivity index (χ0v) is 10.7. The van der Waals surface area contributed by atoms with E-state index in [1.54, 1.807) is 0 Å². The molecule has 0 radical (unpaired) electrons. The first-order valence-electron chi connectivity index (χ1n) is 6.68. The average molecular weight is 245 g/mol. The molecule has 96 valence electrons. The van der Waals surface area contributed by atoms with Gasteiger partial charge in [0.2, 0.25) is 0 Å². The number of aromatic amines is 1. The first-order valence-corrected chi connectivity index (χ1v) is 6.68. The quantitative estimate of drug-likeness (QED) is 0.893. The molecule has 1 aromatic heterocycles. The maximum Gasteiger partial charge on any atom is 0.326 e. The van der Waals surface area contributed by atoms with E-state index in [2.05, 4.69) is 16.8 Å². The van der Waals surface area contributed by atoms with Crippen molar-refractivity contribution in [2.45, 2.75) is 19.9 Å². The molecule has 1 aliphatic rings. The largest absolute Gasteiger partial charge is 0.326 e. The molecular formula is C14H19N3O. The van der Waals surface area contributed by atoms with E-state index in [4.69, 9.17) is 0 Å². The Morgan fingerprint density at radius 1 is 1.39 bits per heavy atom. The summed E-state index contributed by atoms with van der Waals surface area (Å²) in [5.41, 5.74) is 1.98. The Balaban J connectivity index is 1.87. The van der Waals surface area contributed by atoms with Gasteiger partial charge >= 0.3 is 5.69 Å². The third-order valence-electron chi connectivity index (χ3n) is 3.94. The fourth-order valence-electron chi connectivity index (χ4n) is 2.90. The van der Waals surface area contributed by atoms with Crippen LogP contribution in [0.1, 0.15) is 13.3 Å². The number of nitrogens with zero attached hydrogens (tertiary/aromatic N) is 2. The van der Waals surface area contributed by atoms with Crippen molar-refractivity contribution in [3.8, 4) is 0 Å². The Hall–Kier alpha value is -1.55. The Labute approximate surface area is 106 Å². The number of para-hydroxylation sites is 2. The summed E-state index contributed by atoms with van der Waals surface area (Å²) in [5, 5.41) is 0. The predicted molar refractivity (Wildman–Crippen MR) is 72.8 cm³/mol. The highest BCUT2D eigenvalue weighted by atomic mass is 16.1. The number of imidazole rings is 1. The van der Waals surface area contributed by atoms with Crippen LogP contribution in [0.15, 0.2) is 29.1 Å². The van der Waals surface area contributed by atoms with Crippen LogP contribution in [0.3, 0.4) is 0 Å². The van der Waals surface area contributed by atoms with Crippen molar-refractivity contribution < 1.29 is 0 Å². The highest BCUT2D eigenvalue weighted by Gasteiger charge is 2.22. The van der Waals surface area contributed by atoms with Crippen molar-refractivity contribution in [2.24, 2.45) is 5.92 Å². The fraction of sp³-hybridized carbons (Fsp3) is 0.500. The van der Waals surface area contributed by atoms with Gasteiger partial charge in [0.15, 0.2) is 0 Å². The summed E-state index contributed by atoms with van der Waals surface area (Å²) in [4.78, 5) is 17.3. The van der Waals surface area contributed by atoms with Crippen LogP contribution >= 0.6 is 0 Å². The molecule has 4 heteroatoms. The van der Waals surface area contributed by atoms with Gasteiger partial charge in [0.1, 0.15) is 0 Å². The molecule has 0 bridgehead atoms. The highest BCUT2D eigenvalue weighted by molar-refractivity contribution is 5.74. The molecule has 18 heavy (non-hydrogen) atoms. The van der Waals surface area contributed by atoms with E-state index in [1.807, 2.05) is 28.8 Å². The minimum absolute atomic E-state index is 0.0196. The van der Waals surface area contributed by atoms with Gasteiger partial charge in [-0.25, -0.2) is 4.79 Å². The molecule has 0 saturated carbocycles. The standard InChI is InChI=1S/C14H19N3O/c1-2-16-8-7-11(9-16)10-17-13-6-4-3-5-12(13)15-14(17)18/h3-6,11H,2,7-10H2,1H3,(H,15,18). The van der Waals surface area contributed by atoms with E-state index >= 15 is 0 Å². The smallest absolute Gasteiger partial charge is 0.306 e. The Morgan fingerprint density at radius 2 is 2.22 bits per heavy atom. The maximum absolute atomic E-state index is 12.0. The molecule has 1 saturated heterocycles. The molecule has 4 nitrogen and oxygen atoms in total. The van der Waals surface area contributed by atoms with Gasteiger partial charge < -0.3 is 9.88 Å². The second-order valence-corrected chi connectivity index (χ2v) is 5.11. The highest BCUT2D eigenvalue weighted by Crippen LogP contribution is 2.19. The van der Waals surface area contributed by atoms with Gasteiger partial charge in [-0.3, -0.25) is 4.57 Å². The Morgan fingerprint density at radius 3 is 3.00 bits per heavy atom. The van der Waals surface area contributed by atoms with E-state index in [0.717, 1.165) is 37.2 Å². The maximum atomic E-state index is 12.0. The van der Waals surface area contributed by atoms with Gasteiger partial charge in [0.05, 0.1) is 11.0 Å². The molecule has 3 rings (SSSR count). The third-order valence-corrected chi connectivity index (χ3v) is 3.94. The van der Waals surface area contributed by atoms with E-state index in [0.29, 0.717) is 5.92 Å². The van der Waals surface area contributed by atoms with E-state index in [1.165, 1.54) is 6.42 Å². The Bertz CT molecular complexity index is 598. The number of likely N-dealkylation sites (tertiary alicyclic amines) is 1. The molecule has 1 unspecified atom stereocenters. The zero-order valence-electron chi connectivity index (χ0n) is 10.7. The summed E-state index contributed by atoms with van der Waals surface area (Å²) in [6.07, 6.45) is 1.19. The number of hydrogen-bond acceptors (Lipinski definition) is 2. The lowest BCUT2D eigenvalue weighted by molar-refractivity contribution is 0.333. The molecule has 1 aromatic carbocycles. The molecular weight excluding hydrogens is 226 g/mol. The summed E-state index contributed by atoms with van der Waals surface area (Å²) in [7, 11) is 0. The molecule has 1 N–H and O–H groups in total. The number of aromatic nitrogens is 2. The Kier molecular flexibility index (Phi) is 2.96. The molecule has 2 heterocycles. The van der Waals surface area contributed by atoms with Crippen LogP contribution in [-0.4, -0.2) is 34.1 Å². The van der Waals surface area contributed by atoms with E-state index in [9.17, 15) is 4.79 Å². The third kappa shape index (κ3) is 1.97. The molecule has 0 aliphatic carbocycles. The topological polar surface area (TPSA) is 41.0 Å². The first kappa shape index (κ1) is 11.5. The molecule has 0 amide bonds. The number of fused-ring (bicyclic) bond motifs is 1. The van der Waals surface area contributed by atoms with Crippen LogP contribution in [0.2, 0.25) is 0 Å². The van der Waals surface area contributed by atoms with Crippen LogP contribution in [0, 0.1) is 5.92 Å². The molecule has 1 aliphatic heterocycles. The zero-order chi connectivity index (χ0) is 12.5. The van der Waals surface area contributed by atoms with Gasteiger partial charge in [-0.2, -0.15) is 0 Å². The minimum atomic E-state index is 0.0196. The summed E-state index contributed by atoms with van der Waals surface area (Å²) < 4.78 is 1.89. The lowest BCUT2D eigenvalue weighted by Crippen LogP contribution is -2.24. The molecule has 1 fully saturated rings. The van der Waals surface area contributed by atoms with Crippen LogP contribution in [0.4, 0.5) is 0 Å². The lowest BCUT2D eigenvalue weighted by atomic mass is 10.1. The monoisotopic (exact) mass is 245 g/mol. The van der Waals surface area contributed by atoms with Crippen molar-refractivity contribution in [1.29, 1.82) is 0 Å². The summed E-state index contributed by atoms with van der Waals surface area (Å²) in [5.74, 6) is 0.599. The van der Waals surface area contributed by atoms with Crippen LogP contribution in [-0.2, 0) is 6.54 Å². The normalized spacial score (nSPS) is 20.8. The van der Waals surface area contributed by atoms with Crippen molar-refractivity contribution in [1.82, 2.24) is 14.5 Å². The number of hydrogen-bond donors (Lipinski definition) is 1. The van der Waals surface area contributed by atoms with E-state index in [-0.39, 0.29) is 5.69 Å². The van der Waals surface area contributed by atoms with Gasteiger partial charge in [0.25, 0.3) is 0 Å². The van der Waals surface area contributed by atoms with Crippen molar-refractivity contribution >= 4 is 11.0 Å². The van der Waals surface area contributed by atoms with Crippen LogP contribution < -0.4 is 5.69 Å². The summed E-state index contributed by atoms with van der Waals surface area (Å²) >= 11 is 0.